The number of esters is 3. The number of rotatable bonds is 2. The van der Waals surface area contributed by atoms with E-state index in [9.17, 15) is 24.3 Å². The molecule has 4 aliphatic rings. The van der Waals surface area contributed by atoms with Gasteiger partial charge in [-0.15, -0.1) is 0 Å². The first-order chi connectivity index (χ1) is 14.9. The zero-order valence-electron chi connectivity index (χ0n) is 17.9. The van der Waals surface area contributed by atoms with Gasteiger partial charge in [-0.1, -0.05) is 39.0 Å². The van der Waals surface area contributed by atoms with Crippen molar-refractivity contribution in [1.29, 1.82) is 0 Å². The standard InChI is InChI=1S/C22H24N2O8/c1-19(2,3)21(29)9-12-20(10-13(25)30-12)18(28)32-17-22(20,21)14(15(26)24(17)23)31-16(27)11-7-5-4-6-8-11/h4-8,12,14,17,29H,9-10,23H2,1-3H3/t12-,14-,17-,20-,21+,22+/m0/s1. The van der Waals surface area contributed by atoms with Crippen LogP contribution in [-0.4, -0.2) is 58.0 Å². The predicted molar refractivity (Wildman–Crippen MR) is 105 cm³/mol. The van der Waals surface area contributed by atoms with Crippen molar-refractivity contribution >= 4 is 23.8 Å². The fourth-order valence-corrected chi connectivity index (χ4v) is 6.30. The van der Waals surface area contributed by atoms with E-state index in [1.165, 1.54) is 12.1 Å². The number of nitrogens with zero attached hydrogens (tertiary/aromatic N) is 1. The van der Waals surface area contributed by atoms with Gasteiger partial charge in [0, 0.05) is 6.42 Å². The molecule has 1 saturated carbocycles. The highest BCUT2D eigenvalue weighted by Gasteiger charge is 2.93. The lowest BCUT2D eigenvalue weighted by atomic mass is 9.52. The van der Waals surface area contributed by atoms with Crippen molar-refractivity contribution in [3.63, 3.8) is 0 Å². The molecule has 3 N–H and O–H groups in total. The van der Waals surface area contributed by atoms with Crippen LogP contribution in [0.25, 0.3) is 0 Å². The predicted octanol–water partition coefficient (Wildman–Crippen LogP) is 0.280. The van der Waals surface area contributed by atoms with Gasteiger partial charge in [-0.25, -0.2) is 15.6 Å². The average molecular weight is 444 g/mol. The summed E-state index contributed by atoms with van der Waals surface area (Å²) in [7, 11) is 0. The third kappa shape index (κ3) is 2.07. The molecule has 10 nitrogen and oxygen atoms in total. The molecule has 0 bridgehead atoms. The number of amides is 1. The quantitative estimate of drug-likeness (QED) is 0.284. The van der Waals surface area contributed by atoms with E-state index in [1.54, 1.807) is 39.0 Å². The van der Waals surface area contributed by atoms with E-state index in [2.05, 4.69) is 0 Å². The van der Waals surface area contributed by atoms with Crippen LogP contribution in [0.3, 0.4) is 0 Å². The maximum Gasteiger partial charge on any atom is 0.338 e. The molecule has 1 amide bonds. The van der Waals surface area contributed by atoms with E-state index in [0.717, 1.165) is 0 Å². The highest BCUT2D eigenvalue weighted by atomic mass is 16.6. The minimum absolute atomic E-state index is 0.131. The first kappa shape index (κ1) is 20.9. The Morgan fingerprint density at radius 2 is 1.84 bits per heavy atom. The lowest BCUT2D eigenvalue weighted by molar-refractivity contribution is -0.212. The van der Waals surface area contributed by atoms with Gasteiger partial charge in [0.1, 0.15) is 16.9 Å². The van der Waals surface area contributed by atoms with Crippen LogP contribution in [0.1, 0.15) is 44.0 Å². The van der Waals surface area contributed by atoms with Crippen LogP contribution in [0, 0.1) is 16.2 Å². The normalized spacial score (nSPS) is 40.0. The number of hydrogen-bond acceptors (Lipinski definition) is 9. The van der Waals surface area contributed by atoms with Crippen LogP contribution in [0.5, 0.6) is 0 Å². The van der Waals surface area contributed by atoms with Crippen molar-refractivity contribution in [2.45, 2.75) is 57.6 Å². The molecule has 3 aliphatic heterocycles. The summed E-state index contributed by atoms with van der Waals surface area (Å²) in [4.78, 5) is 51.9. The Labute approximate surface area is 183 Å². The number of nitrogens with two attached hydrogens (primary N) is 1. The van der Waals surface area contributed by atoms with Crippen molar-refractivity contribution < 1.29 is 38.5 Å². The molecule has 3 saturated heterocycles. The maximum atomic E-state index is 13.3. The molecule has 5 rings (SSSR count). The number of hydrogen-bond donors (Lipinski definition) is 2. The SMILES string of the molecule is CC(C)(C)[C@]1(O)C[C@@H]2OC(=O)C[C@@]23C(=O)O[C@@H]2N(N)C(=O)[C@H](OC(=O)c4ccccc4)[C@]213. The van der Waals surface area contributed by atoms with Crippen molar-refractivity contribution in [1.82, 2.24) is 5.01 Å². The summed E-state index contributed by atoms with van der Waals surface area (Å²) < 4.78 is 16.7. The Morgan fingerprint density at radius 1 is 1.19 bits per heavy atom. The summed E-state index contributed by atoms with van der Waals surface area (Å²) >= 11 is 0. The molecule has 4 fully saturated rings. The summed E-state index contributed by atoms with van der Waals surface area (Å²) in [6.07, 6.45) is -4.69. The van der Waals surface area contributed by atoms with Crippen LogP contribution in [0.15, 0.2) is 30.3 Å². The monoisotopic (exact) mass is 444 g/mol. The van der Waals surface area contributed by atoms with Crippen molar-refractivity contribution in [2.75, 3.05) is 0 Å². The summed E-state index contributed by atoms with van der Waals surface area (Å²) in [5.41, 5.74) is -6.14. The number of carbonyl (C=O) groups excluding carboxylic acids is 4. The van der Waals surface area contributed by atoms with Crippen LogP contribution in [-0.2, 0) is 28.6 Å². The maximum absolute atomic E-state index is 13.3. The van der Waals surface area contributed by atoms with Crippen LogP contribution in [0.2, 0.25) is 0 Å². The zero-order chi connectivity index (χ0) is 23.3. The van der Waals surface area contributed by atoms with E-state index in [0.29, 0.717) is 5.01 Å². The first-order valence-electron chi connectivity index (χ1n) is 10.4. The van der Waals surface area contributed by atoms with E-state index < -0.39 is 70.5 Å². The largest absolute Gasteiger partial charge is 0.461 e. The Balaban J connectivity index is 1.74. The summed E-state index contributed by atoms with van der Waals surface area (Å²) in [6, 6.07) is 8.01. The molecule has 0 unspecified atom stereocenters. The third-order valence-corrected chi connectivity index (χ3v) is 7.74. The molecule has 170 valence electrons. The molecular weight excluding hydrogens is 420 g/mol. The van der Waals surface area contributed by atoms with E-state index in [4.69, 9.17) is 20.1 Å². The summed E-state index contributed by atoms with van der Waals surface area (Å²) in [6.45, 7) is 5.20. The van der Waals surface area contributed by atoms with Gasteiger partial charge < -0.3 is 19.3 Å². The second kappa shape index (κ2) is 6.08. The molecule has 6 atom stereocenters. The minimum atomic E-state index is -1.84. The molecular formula is C22H24N2O8. The minimum Gasteiger partial charge on any atom is -0.461 e. The van der Waals surface area contributed by atoms with Crippen molar-refractivity contribution in [3.05, 3.63) is 35.9 Å². The number of ether oxygens (including phenoxy) is 3. The second-order valence-corrected chi connectivity index (χ2v) is 9.96. The molecule has 3 heterocycles. The van der Waals surface area contributed by atoms with E-state index in [1.807, 2.05) is 0 Å². The molecule has 10 heteroatoms. The fraction of sp³-hybridized carbons (Fsp3) is 0.545. The van der Waals surface area contributed by atoms with Gasteiger partial charge in [0.2, 0.25) is 6.23 Å². The number of hydrazine groups is 1. The van der Waals surface area contributed by atoms with Crippen LogP contribution in [0.4, 0.5) is 0 Å². The van der Waals surface area contributed by atoms with Crippen LogP contribution < -0.4 is 5.84 Å². The van der Waals surface area contributed by atoms with Gasteiger partial charge >= 0.3 is 17.9 Å². The van der Waals surface area contributed by atoms with Gasteiger partial charge in [-0.2, -0.15) is 0 Å². The number of carbonyl (C=O) groups is 4. The van der Waals surface area contributed by atoms with Gasteiger partial charge in [0.05, 0.1) is 17.6 Å². The molecule has 0 aromatic heterocycles. The molecule has 1 aromatic rings. The summed E-state index contributed by atoms with van der Waals surface area (Å²) in [5.74, 6) is 2.93. The molecule has 32 heavy (non-hydrogen) atoms. The topological polar surface area (TPSA) is 145 Å². The highest BCUT2D eigenvalue weighted by molar-refractivity contribution is 5.99. The first-order valence-corrected chi connectivity index (χ1v) is 10.4. The highest BCUT2D eigenvalue weighted by Crippen LogP contribution is 2.76. The van der Waals surface area contributed by atoms with Crippen molar-refractivity contribution in [3.8, 4) is 0 Å². The average Bonchev–Trinajstić information content (AvgIpc) is 3.33. The third-order valence-electron chi connectivity index (χ3n) is 7.74. The van der Waals surface area contributed by atoms with Crippen molar-refractivity contribution in [2.24, 2.45) is 22.1 Å². The van der Waals surface area contributed by atoms with Gasteiger partial charge in [0.15, 0.2) is 6.10 Å². The smallest absolute Gasteiger partial charge is 0.338 e. The number of aliphatic hydroxyl groups is 1. The zero-order valence-corrected chi connectivity index (χ0v) is 17.9. The molecule has 1 aromatic carbocycles. The fourth-order valence-electron chi connectivity index (χ4n) is 6.30. The Kier molecular flexibility index (Phi) is 3.97. The van der Waals surface area contributed by atoms with Gasteiger partial charge in [0.25, 0.3) is 5.91 Å². The Bertz CT molecular complexity index is 1050. The molecule has 1 aliphatic carbocycles. The van der Waals surface area contributed by atoms with Gasteiger partial charge in [-0.3, -0.25) is 14.4 Å². The van der Waals surface area contributed by atoms with E-state index in [-0.39, 0.29) is 12.0 Å². The lowest BCUT2D eigenvalue weighted by Gasteiger charge is -2.51. The molecule has 0 radical (unpaired) electrons. The summed E-state index contributed by atoms with van der Waals surface area (Å²) in [5, 5.41) is 12.9. The Morgan fingerprint density at radius 3 is 2.47 bits per heavy atom. The van der Waals surface area contributed by atoms with E-state index >= 15 is 0 Å². The Hall–Kier alpha value is -2.98. The number of benzene rings is 1. The van der Waals surface area contributed by atoms with Crippen LogP contribution >= 0.6 is 0 Å². The lowest BCUT2D eigenvalue weighted by Crippen LogP contribution is -2.66. The molecule has 2 spiro atoms. The van der Waals surface area contributed by atoms with Gasteiger partial charge in [-0.05, 0) is 17.5 Å². The second-order valence-electron chi connectivity index (χ2n) is 9.96.